The number of fused-ring (bicyclic) bond motifs is 6. The summed E-state index contributed by atoms with van der Waals surface area (Å²) in [5.41, 5.74) is 4.01. The molecule has 3 aliphatic heterocycles. The Bertz CT molecular complexity index is 1650. The first-order valence-electron chi connectivity index (χ1n) is 15.8. The van der Waals surface area contributed by atoms with Crippen molar-refractivity contribution in [3.05, 3.63) is 69.5 Å². The Labute approximate surface area is 269 Å². The molecule has 4 bridgehead atoms. The van der Waals surface area contributed by atoms with Crippen LogP contribution >= 0.6 is 23.4 Å². The summed E-state index contributed by atoms with van der Waals surface area (Å²) in [6, 6.07) is 9.25. The Morgan fingerprint density at radius 3 is 2.70 bits per heavy atom. The fraction of sp³-hybridized carbons (Fsp3) is 0.559. The van der Waals surface area contributed by atoms with Crippen LogP contribution in [0.2, 0.25) is 5.02 Å². The summed E-state index contributed by atoms with van der Waals surface area (Å²) in [7, 11) is -2.11. The van der Waals surface area contributed by atoms with Crippen molar-refractivity contribution in [3.63, 3.8) is 0 Å². The predicted molar refractivity (Wildman–Crippen MR) is 174 cm³/mol. The predicted octanol–water partition coefficient (Wildman–Crippen LogP) is 6.75. The number of carbonyl (C=O) groups excluding carboxylic acids is 1. The number of anilines is 1. The quantitative estimate of drug-likeness (QED) is 0.342. The average Bonchev–Trinajstić information content (AvgIpc) is 3.11. The van der Waals surface area contributed by atoms with Gasteiger partial charge in [-0.05, 0) is 110 Å². The lowest BCUT2D eigenvalue weighted by Gasteiger charge is -2.48. The molecule has 6 aliphatic rings. The third-order valence-electron chi connectivity index (χ3n) is 11.4. The highest BCUT2D eigenvalue weighted by molar-refractivity contribution is 7.99. The van der Waals surface area contributed by atoms with Crippen LogP contribution in [0.25, 0.3) is 0 Å². The van der Waals surface area contributed by atoms with Gasteiger partial charge in [0.25, 0.3) is 5.91 Å². The van der Waals surface area contributed by atoms with Crippen molar-refractivity contribution in [2.24, 2.45) is 23.7 Å². The van der Waals surface area contributed by atoms with Gasteiger partial charge < -0.3 is 9.64 Å². The molecule has 44 heavy (non-hydrogen) atoms. The van der Waals surface area contributed by atoms with Gasteiger partial charge in [-0.3, -0.25) is 4.79 Å². The van der Waals surface area contributed by atoms with Gasteiger partial charge in [0.2, 0.25) is 10.0 Å². The van der Waals surface area contributed by atoms with Gasteiger partial charge >= 0.3 is 0 Å². The monoisotopic (exact) mass is 658 g/mol. The molecular weight excluding hydrogens is 619 g/mol. The van der Waals surface area contributed by atoms with E-state index in [2.05, 4.69) is 15.7 Å². The molecule has 10 heteroatoms. The molecule has 0 unspecified atom stereocenters. The molecule has 1 amide bonds. The van der Waals surface area contributed by atoms with Gasteiger partial charge in [-0.1, -0.05) is 30.7 Å². The first-order valence-corrected chi connectivity index (χ1v) is 18.7. The van der Waals surface area contributed by atoms with Gasteiger partial charge in [-0.2, -0.15) is 0 Å². The zero-order valence-corrected chi connectivity index (χ0v) is 27.8. The van der Waals surface area contributed by atoms with Gasteiger partial charge in [0, 0.05) is 41.8 Å². The molecule has 0 saturated heterocycles. The number of amides is 1. The van der Waals surface area contributed by atoms with E-state index in [1.807, 2.05) is 25.1 Å². The second-order valence-corrected chi connectivity index (χ2v) is 17.1. The number of methoxy groups -OCH3 is 1. The molecule has 0 aromatic heterocycles. The highest BCUT2D eigenvalue weighted by Gasteiger charge is 2.47. The highest BCUT2D eigenvalue weighted by Crippen LogP contribution is 2.51. The molecule has 7 atom stereocenters. The van der Waals surface area contributed by atoms with E-state index < -0.39 is 21.2 Å². The number of nitrogens with zero attached hydrogens (tertiary/aromatic N) is 1. The molecule has 236 valence electrons. The van der Waals surface area contributed by atoms with Crippen LogP contribution in [0.5, 0.6) is 0 Å². The minimum Gasteiger partial charge on any atom is -0.377 e. The number of benzene rings is 2. The maximum Gasteiger partial charge on any atom is 0.264 e. The Morgan fingerprint density at radius 2 is 1.98 bits per heavy atom. The summed E-state index contributed by atoms with van der Waals surface area (Å²) in [6.07, 6.45) is 7.71. The van der Waals surface area contributed by atoms with Crippen LogP contribution in [-0.2, 0) is 26.6 Å². The molecule has 0 radical (unpaired) electrons. The van der Waals surface area contributed by atoms with E-state index in [9.17, 15) is 13.2 Å². The van der Waals surface area contributed by atoms with Crippen LogP contribution in [0.1, 0.15) is 67.4 Å². The van der Waals surface area contributed by atoms with Gasteiger partial charge in [-0.25, -0.2) is 17.5 Å². The minimum atomic E-state index is -3.90. The molecule has 1 fully saturated rings. The Kier molecular flexibility index (Phi) is 7.87. The van der Waals surface area contributed by atoms with E-state index in [1.165, 1.54) is 5.57 Å². The van der Waals surface area contributed by atoms with Crippen molar-refractivity contribution in [2.45, 2.75) is 74.0 Å². The number of nitrogens with one attached hydrogen (secondary N) is 1. The Morgan fingerprint density at radius 1 is 1.18 bits per heavy atom. The maximum absolute atomic E-state index is 15.3. The fourth-order valence-electron chi connectivity index (χ4n) is 8.37. The molecule has 3 aliphatic carbocycles. The summed E-state index contributed by atoms with van der Waals surface area (Å²) in [5, 5.41) is -0.562. The number of carbonyl (C=O) groups is 1. The van der Waals surface area contributed by atoms with Crippen molar-refractivity contribution < 1.29 is 22.3 Å². The molecule has 3 heterocycles. The molecule has 1 spiro atoms. The molecule has 1 N–H and O–H groups in total. The number of hydrogen-bond donors (Lipinski definition) is 1. The van der Waals surface area contributed by atoms with Crippen molar-refractivity contribution >= 4 is 45.0 Å². The van der Waals surface area contributed by atoms with Gasteiger partial charge in [0.1, 0.15) is 5.82 Å². The lowest BCUT2D eigenvalue weighted by atomic mass is 9.64. The third kappa shape index (κ3) is 5.01. The maximum atomic E-state index is 15.3. The molecule has 2 aromatic rings. The van der Waals surface area contributed by atoms with Crippen LogP contribution in [0, 0.1) is 29.5 Å². The second kappa shape index (κ2) is 11.3. The smallest absolute Gasteiger partial charge is 0.264 e. The van der Waals surface area contributed by atoms with Gasteiger partial charge in [-0.15, -0.1) is 11.8 Å². The minimum absolute atomic E-state index is 0.0180. The zero-order valence-electron chi connectivity index (χ0n) is 25.4. The average molecular weight is 659 g/mol. The number of allylic oxidation sites excluding steroid dienone is 1. The number of sulfonamides is 1. The molecular formula is C34H40ClFN2O4S2. The SMILES string of the molecule is CO[C@H]1C2=C[C@H](C2)[C@H](C)[C@@H](C)S(=O)(=O)NC(=O)c2ccc3c(c2)N(C[C@@H]2CC[C@H]21)C[C@@]1(CCCc2c1ccc(Cl)c2F)CS3. The zero-order chi connectivity index (χ0) is 31.0. The molecule has 8 rings (SSSR count). The number of halogens is 2. The normalized spacial score (nSPS) is 34.4. The van der Waals surface area contributed by atoms with Crippen molar-refractivity contribution in [1.82, 2.24) is 4.72 Å². The molecule has 6 nitrogen and oxygen atoms in total. The standard InChI is InChI=1S/C34H40ClFN2O4S2/c1-19-20(2)44(40,41)37-33(39)21-7-11-30-29(15-21)38(16-22-6-8-25(22)32(42-3)24-13-23(19)14-24)17-34(18-43-30)12-4-5-26-27(34)9-10-28(35)31(26)36/h7,9-11,13,15,19-20,22-23,25,32H,4-6,8,12,14,16-18H2,1-3H3,(H,37,39)/t19-,20-,22+,23-,25-,32+,34+/m1/s1. The summed E-state index contributed by atoms with van der Waals surface area (Å²) in [6.45, 7) is 5.13. The fourth-order valence-corrected chi connectivity index (χ4v) is 11.2. The van der Waals surface area contributed by atoms with E-state index in [0.717, 1.165) is 66.1 Å². The van der Waals surface area contributed by atoms with Gasteiger partial charge in [0.15, 0.2) is 0 Å². The highest BCUT2D eigenvalue weighted by atomic mass is 35.5. The van der Waals surface area contributed by atoms with Crippen molar-refractivity contribution in [1.29, 1.82) is 0 Å². The first kappa shape index (κ1) is 30.6. The van der Waals surface area contributed by atoms with Crippen LogP contribution in [0.3, 0.4) is 0 Å². The largest absolute Gasteiger partial charge is 0.377 e. The first-order chi connectivity index (χ1) is 21.0. The summed E-state index contributed by atoms with van der Waals surface area (Å²) in [4.78, 5) is 16.9. The lowest BCUT2D eigenvalue weighted by Crippen LogP contribution is -2.50. The number of thioether (sulfide) groups is 1. The van der Waals surface area contributed by atoms with E-state index in [1.54, 1.807) is 37.9 Å². The van der Waals surface area contributed by atoms with Crippen LogP contribution in [0.4, 0.5) is 10.1 Å². The Balaban J connectivity index is 1.32. The number of rotatable bonds is 1. The van der Waals surface area contributed by atoms with E-state index >= 15 is 4.39 Å². The van der Waals surface area contributed by atoms with E-state index in [4.69, 9.17) is 16.3 Å². The van der Waals surface area contributed by atoms with Gasteiger partial charge in [0.05, 0.1) is 22.1 Å². The molecule has 1 saturated carbocycles. The lowest BCUT2D eigenvalue weighted by molar-refractivity contribution is -0.000468. The van der Waals surface area contributed by atoms with Crippen LogP contribution in [-0.4, -0.2) is 51.6 Å². The topological polar surface area (TPSA) is 75.7 Å². The number of ether oxygens (including phenoxy) is 1. The van der Waals surface area contributed by atoms with Crippen molar-refractivity contribution in [2.75, 3.05) is 30.9 Å². The summed E-state index contributed by atoms with van der Waals surface area (Å²) < 4.78 is 50.6. The second-order valence-electron chi connectivity index (χ2n) is 13.7. The molecule has 2 aromatic carbocycles. The Hall–Kier alpha value is -2.07. The number of hydrogen-bond acceptors (Lipinski definition) is 6. The summed E-state index contributed by atoms with van der Waals surface area (Å²) >= 11 is 7.98. The van der Waals surface area contributed by atoms with Crippen molar-refractivity contribution in [3.8, 4) is 0 Å². The third-order valence-corrected chi connectivity index (χ3v) is 14.9. The summed E-state index contributed by atoms with van der Waals surface area (Å²) in [5.74, 6) is 0.634. The van der Waals surface area contributed by atoms with Crippen LogP contribution in [0.15, 0.2) is 46.9 Å². The van der Waals surface area contributed by atoms with Crippen LogP contribution < -0.4 is 9.62 Å². The van der Waals surface area contributed by atoms with E-state index in [0.29, 0.717) is 30.4 Å². The van der Waals surface area contributed by atoms with E-state index in [-0.39, 0.29) is 34.2 Å².